The lowest BCUT2D eigenvalue weighted by Crippen LogP contribution is -2.42. The largest absolute Gasteiger partial charge is 0.326 e. The van der Waals surface area contributed by atoms with E-state index < -0.39 is 5.25 Å². The van der Waals surface area contributed by atoms with E-state index >= 15 is 0 Å². The van der Waals surface area contributed by atoms with Crippen LogP contribution >= 0.6 is 24.0 Å². The summed E-state index contributed by atoms with van der Waals surface area (Å²) in [5.74, 6) is -0.116. The number of carbonyl (C=O) groups is 2. The average molecular weight is 377 g/mol. The van der Waals surface area contributed by atoms with Gasteiger partial charge >= 0.3 is 0 Å². The predicted octanol–water partition coefficient (Wildman–Crippen LogP) is 4.19. The highest BCUT2D eigenvalue weighted by molar-refractivity contribution is 8.24. The van der Waals surface area contributed by atoms with Crippen LogP contribution in [-0.2, 0) is 9.59 Å². The molecule has 0 bridgehead atoms. The summed E-state index contributed by atoms with van der Waals surface area (Å²) in [5, 5.41) is 2.58. The van der Waals surface area contributed by atoms with E-state index in [-0.39, 0.29) is 24.3 Å². The van der Waals surface area contributed by atoms with Gasteiger partial charge in [0.2, 0.25) is 11.8 Å². The van der Waals surface area contributed by atoms with Crippen LogP contribution in [0.25, 0.3) is 0 Å². The van der Waals surface area contributed by atoms with E-state index in [2.05, 4.69) is 5.32 Å². The number of nitrogens with zero attached hydrogens (tertiary/aromatic N) is 1. The Morgan fingerprint density at radius 1 is 1.24 bits per heavy atom. The van der Waals surface area contributed by atoms with E-state index in [1.807, 2.05) is 32.0 Å². The van der Waals surface area contributed by atoms with Crippen molar-refractivity contribution < 1.29 is 9.59 Å². The number of thiocarbonyl (C=S) groups is 1. The molecule has 1 unspecified atom stereocenters. The third-order valence-corrected chi connectivity index (χ3v) is 6.55. The van der Waals surface area contributed by atoms with Gasteiger partial charge in [-0.2, -0.15) is 0 Å². The number of rotatable bonds is 4. The lowest BCUT2D eigenvalue weighted by Gasteiger charge is -2.30. The number of carbonyl (C=O) groups excluding carboxylic acids is 2. The molecule has 0 radical (unpaired) electrons. The van der Waals surface area contributed by atoms with Crippen LogP contribution in [0.4, 0.5) is 5.69 Å². The highest BCUT2D eigenvalue weighted by atomic mass is 32.2. The second-order valence-electron chi connectivity index (χ2n) is 6.89. The molecule has 1 saturated heterocycles. The number of hydrogen-bond donors (Lipinski definition) is 1. The minimum atomic E-state index is -0.390. The zero-order chi connectivity index (χ0) is 18.0. The number of thioether (sulfide) groups is 1. The summed E-state index contributed by atoms with van der Waals surface area (Å²) in [7, 11) is 0. The van der Waals surface area contributed by atoms with Crippen molar-refractivity contribution in [1.29, 1.82) is 0 Å². The highest BCUT2D eigenvalue weighted by Crippen LogP contribution is 2.35. The molecule has 134 valence electrons. The molecule has 3 rings (SSSR count). The van der Waals surface area contributed by atoms with Crippen LogP contribution in [0.1, 0.15) is 49.7 Å². The van der Waals surface area contributed by atoms with Gasteiger partial charge in [-0.15, -0.1) is 0 Å². The Balaban J connectivity index is 1.64. The number of hydrogen-bond acceptors (Lipinski definition) is 4. The molecule has 2 fully saturated rings. The molecule has 1 aromatic carbocycles. The molecule has 1 aliphatic heterocycles. The summed E-state index contributed by atoms with van der Waals surface area (Å²) in [4.78, 5) is 27.0. The first-order valence-corrected chi connectivity index (χ1v) is 10.2. The number of benzene rings is 1. The van der Waals surface area contributed by atoms with E-state index in [1.165, 1.54) is 18.2 Å². The summed E-state index contributed by atoms with van der Waals surface area (Å²) >= 11 is 6.81. The Hall–Kier alpha value is -1.40. The van der Waals surface area contributed by atoms with Gasteiger partial charge in [-0.3, -0.25) is 14.5 Å². The van der Waals surface area contributed by atoms with E-state index in [1.54, 1.807) is 4.90 Å². The molecule has 4 nitrogen and oxygen atoms in total. The summed E-state index contributed by atoms with van der Waals surface area (Å²) in [6.45, 7) is 3.94. The number of aryl methyl sites for hydroxylation is 2. The molecule has 1 saturated carbocycles. The van der Waals surface area contributed by atoms with Gasteiger partial charge in [0.15, 0.2) is 0 Å². The van der Waals surface area contributed by atoms with Crippen LogP contribution in [0.15, 0.2) is 18.2 Å². The van der Waals surface area contributed by atoms with Crippen LogP contribution in [0.5, 0.6) is 0 Å². The van der Waals surface area contributed by atoms with Gasteiger partial charge in [-0.05, 0) is 37.8 Å². The summed E-state index contributed by atoms with van der Waals surface area (Å²) in [6.07, 6.45) is 5.75. The van der Waals surface area contributed by atoms with Crippen LogP contribution in [0.3, 0.4) is 0 Å². The normalized spacial score (nSPS) is 21.7. The van der Waals surface area contributed by atoms with Crippen molar-refractivity contribution in [3.05, 3.63) is 29.3 Å². The van der Waals surface area contributed by atoms with E-state index in [0.717, 1.165) is 42.5 Å². The van der Waals surface area contributed by atoms with Gasteiger partial charge < -0.3 is 5.32 Å². The van der Waals surface area contributed by atoms with Crippen molar-refractivity contribution in [2.24, 2.45) is 0 Å². The molecule has 1 heterocycles. The van der Waals surface area contributed by atoms with Crippen molar-refractivity contribution in [1.82, 2.24) is 4.90 Å². The smallest absolute Gasteiger partial charge is 0.242 e. The fraction of sp³-hybridized carbons (Fsp3) is 0.526. The van der Waals surface area contributed by atoms with Gasteiger partial charge in [0.05, 0.1) is 5.25 Å². The zero-order valence-corrected chi connectivity index (χ0v) is 16.3. The Bertz CT molecular complexity index is 678. The van der Waals surface area contributed by atoms with Crippen molar-refractivity contribution in [2.75, 3.05) is 5.32 Å². The average Bonchev–Trinajstić information content (AvgIpc) is 2.85. The van der Waals surface area contributed by atoms with Crippen LogP contribution in [0, 0.1) is 13.8 Å². The molecule has 2 aliphatic rings. The Morgan fingerprint density at radius 2 is 1.88 bits per heavy atom. The van der Waals surface area contributed by atoms with Crippen LogP contribution in [-0.4, -0.2) is 32.3 Å². The van der Waals surface area contributed by atoms with Gasteiger partial charge in [0.1, 0.15) is 4.32 Å². The lowest BCUT2D eigenvalue weighted by molar-refractivity contribution is -0.129. The molecular weight excluding hydrogens is 352 g/mol. The van der Waals surface area contributed by atoms with Crippen molar-refractivity contribution >= 4 is 45.8 Å². The first-order chi connectivity index (χ1) is 12.0. The monoisotopic (exact) mass is 376 g/mol. The molecule has 1 aliphatic carbocycles. The van der Waals surface area contributed by atoms with Crippen LogP contribution in [0.2, 0.25) is 0 Å². The molecule has 1 atom stereocenters. The molecule has 1 N–H and O–H groups in total. The molecule has 2 amide bonds. The van der Waals surface area contributed by atoms with Gasteiger partial charge in [0.25, 0.3) is 0 Å². The standard InChI is InChI=1S/C19H24N2O2S2/c1-12-7-6-8-13(2)17(12)20-16(22)11-15-18(23)21(19(24)25-15)14-9-4-3-5-10-14/h6-8,14-15H,3-5,9-11H2,1-2H3,(H,20,22). The van der Waals surface area contributed by atoms with E-state index in [0.29, 0.717) is 4.32 Å². The number of anilines is 1. The number of para-hydroxylation sites is 1. The quantitative estimate of drug-likeness (QED) is 0.801. The lowest BCUT2D eigenvalue weighted by atomic mass is 9.94. The maximum absolute atomic E-state index is 12.8. The molecule has 6 heteroatoms. The Labute approximate surface area is 158 Å². The Morgan fingerprint density at radius 3 is 2.52 bits per heavy atom. The fourth-order valence-electron chi connectivity index (χ4n) is 3.64. The molecule has 1 aromatic rings. The first kappa shape index (κ1) is 18.4. The van der Waals surface area contributed by atoms with E-state index in [9.17, 15) is 9.59 Å². The minimum Gasteiger partial charge on any atom is -0.326 e. The zero-order valence-electron chi connectivity index (χ0n) is 14.7. The molecular formula is C19H24N2O2S2. The Kier molecular flexibility index (Phi) is 5.79. The van der Waals surface area contributed by atoms with Crippen molar-refractivity contribution in [2.45, 2.75) is 63.7 Å². The SMILES string of the molecule is Cc1cccc(C)c1NC(=O)CC1SC(=S)N(C2CCCCC2)C1=O. The maximum Gasteiger partial charge on any atom is 0.242 e. The highest BCUT2D eigenvalue weighted by Gasteiger charge is 2.41. The van der Waals surface area contributed by atoms with Crippen molar-refractivity contribution in [3.8, 4) is 0 Å². The van der Waals surface area contributed by atoms with Gasteiger partial charge in [0, 0.05) is 18.2 Å². The van der Waals surface area contributed by atoms with Gasteiger partial charge in [-0.25, -0.2) is 0 Å². The van der Waals surface area contributed by atoms with Crippen molar-refractivity contribution in [3.63, 3.8) is 0 Å². The first-order valence-electron chi connectivity index (χ1n) is 8.87. The predicted molar refractivity (Wildman–Crippen MR) is 107 cm³/mol. The summed E-state index contributed by atoms with van der Waals surface area (Å²) in [6, 6.07) is 6.14. The summed E-state index contributed by atoms with van der Waals surface area (Å²) < 4.78 is 0.641. The molecule has 25 heavy (non-hydrogen) atoms. The third-order valence-electron chi connectivity index (χ3n) is 5.01. The molecule has 0 aromatic heterocycles. The second kappa shape index (κ2) is 7.87. The third kappa shape index (κ3) is 4.06. The maximum atomic E-state index is 12.8. The second-order valence-corrected chi connectivity index (χ2v) is 8.73. The molecule has 0 spiro atoms. The summed E-state index contributed by atoms with van der Waals surface area (Å²) in [5.41, 5.74) is 2.89. The fourth-order valence-corrected chi connectivity index (χ4v) is 5.27. The topological polar surface area (TPSA) is 49.4 Å². The minimum absolute atomic E-state index is 0.0126. The van der Waals surface area contributed by atoms with Crippen LogP contribution < -0.4 is 5.32 Å². The number of nitrogens with one attached hydrogen (secondary N) is 1. The number of amides is 2. The van der Waals surface area contributed by atoms with Gasteiger partial charge in [-0.1, -0.05) is 61.4 Å². The van der Waals surface area contributed by atoms with E-state index in [4.69, 9.17) is 12.2 Å².